The Morgan fingerprint density at radius 2 is 1.52 bits per heavy atom. The minimum atomic E-state index is -0.862. The highest BCUT2D eigenvalue weighted by atomic mass is 16.5. The molecule has 0 spiro atoms. The van der Waals surface area contributed by atoms with E-state index in [1.165, 1.54) is 5.56 Å². The van der Waals surface area contributed by atoms with Crippen LogP contribution in [0.3, 0.4) is 0 Å². The number of aliphatic carboxylic acids is 1. The van der Waals surface area contributed by atoms with Gasteiger partial charge >= 0.3 is 5.97 Å². The van der Waals surface area contributed by atoms with Gasteiger partial charge in [0.25, 0.3) is 5.91 Å². The largest absolute Gasteiger partial charge is 0.493 e. The van der Waals surface area contributed by atoms with Gasteiger partial charge in [0.2, 0.25) is 0 Å². The third kappa shape index (κ3) is 6.84. The summed E-state index contributed by atoms with van der Waals surface area (Å²) >= 11 is 0. The predicted octanol–water partition coefficient (Wildman–Crippen LogP) is 5.42. The first kappa shape index (κ1) is 23.9. The number of para-hydroxylation sites is 2. The Morgan fingerprint density at radius 3 is 2.27 bits per heavy atom. The topological polar surface area (TPSA) is 84.9 Å². The van der Waals surface area contributed by atoms with E-state index in [0.29, 0.717) is 30.0 Å². The Hall–Kier alpha value is -3.80. The molecule has 3 aromatic rings. The van der Waals surface area contributed by atoms with E-state index >= 15 is 0 Å². The maximum atomic E-state index is 13.0. The van der Waals surface area contributed by atoms with Gasteiger partial charge < -0.3 is 19.9 Å². The normalized spacial score (nSPS) is 10.5. The highest BCUT2D eigenvalue weighted by Crippen LogP contribution is 2.28. The zero-order valence-electron chi connectivity index (χ0n) is 19.0. The van der Waals surface area contributed by atoms with Gasteiger partial charge in [-0.2, -0.15) is 0 Å². The third-order valence-electron chi connectivity index (χ3n) is 5.40. The zero-order chi connectivity index (χ0) is 23.6. The van der Waals surface area contributed by atoms with Crippen LogP contribution in [0, 0.1) is 13.8 Å². The number of carbonyl (C=O) groups excluding carboxylic acids is 1. The molecule has 6 heteroatoms. The monoisotopic (exact) mass is 447 g/mol. The van der Waals surface area contributed by atoms with E-state index in [4.69, 9.17) is 14.6 Å². The van der Waals surface area contributed by atoms with Crippen molar-refractivity contribution in [3.8, 4) is 11.5 Å². The van der Waals surface area contributed by atoms with E-state index in [1.807, 2.05) is 44.2 Å². The molecule has 0 atom stereocenters. The molecule has 0 aromatic heterocycles. The summed E-state index contributed by atoms with van der Waals surface area (Å²) in [5.74, 6) is 0.167. The number of carbonyl (C=O) groups is 2. The number of hydrogen-bond donors (Lipinski definition) is 2. The first-order valence-electron chi connectivity index (χ1n) is 11.0. The molecule has 0 bridgehead atoms. The molecule has 0 aliphatic carbocycles. The molecule has 0 unspecified atom stereocenters. The van der Waals surface area contributed by atoms with Gasteiger partial charge in [-0.25, -0.2) is 0 Å². The van der Waals surface area contributed by atoms with Crippen molar-refractivity contribution < 1.29 is 24.2 Å². The lowest BCUT2D eigenvalue weighted by molar-refractivity contribution is -0.137. The van der Waals surface area contributed by atoms with E-state index in [0.717, 1.165) is 23.3 Å². The average Bonchev–Trinajstić information content (AvgIpc) is 2.81. The summed E-state index contributed by atoms with van der Waals surface area (Å²) in [4.78, 5) is 23.6. The van der Waals surface area contributed by atoms with Crippen molar-refractivity contribution in [2.24, 2.45) is 0 Å². The molecule has 3 aromatic carbocycles. The van der Waals surface area contributed by atoms with E-state index in [1.54, 1.807) is 24.3 Å². The quantitative estimate of drug-likeness (QED) is 0.383. The molecule has 3 rings (SSSR count). The van der Waals surface area contributed by atoms with Gasteiger partial charge in [-0.1, -0.05) is 42.5 Å². The zero-order valence-corrected chi connectivity index (χ0v) is 19.0. The highest BCUT2D eigenvalue weighted by Gasteiger charge is 2.15. The van der Waals surface area contributed by atoms with E-state index in [2.05, 4.69) is 17.4 Å². The summed E-state index contributed by atoms with van der Waals surface area (Å²) in [6.45, 7) is 4.67. The van der Waals surface area contributed by atoms with Crippen molar-refractivity contribution in [2.45, 2.75) is 33.1 Å². The first-order valence-corrected chi connectivity index (χ1v) is 11.0. The Balaban J connectivity index is 1.63. The van der Waals surface area contributed by atoms with Crippen LogP contribution in [0.25, 0.3) is 0 Å². The molecule has 6 nitrogen and oxygen atoms in total. The molecular weight excluding hydrogens is 418 g/mol. The maximum absolute atomic E-state index is 13.0. The standard InChI is InChI=1S/C27H29NO5/c1-19-20(2)24(33-18-16-21-9-4-3-5-10-21)15-14-22(19)27(31)28-23-11-6-7-12-25(23)32-17-8-13-26(29)30/h3-7,9-12,14-15H,8,13,16-18H2,1-2H3,(H,28,31)(H,29,30). The number of rotatable bonds is 11. The van der Waals surface area contributed by atoms with Gasteiger partial charge in [-0.3, -0.25) is 9.59 Å². The Morgan fingerprint density at radius 1 is 0.818 bits per heavy atom. The van der Waals surface area contributed by atoms with Crippen molar-refractivity contribution in [3.05, 3.63) is 89.0 Å². The average molecular weight is 448 g/mol. The lowest BCUT2D eigenvalue weighted by Crippen LogP contribution is -2.15. The minimum absolute atomic E-state index is 0.0345. The molecular formula is C27H29NO5. The molecule has 0 heterocycles. The summed E-state index contributed by atoms with van der Waals surface area (Å²) in [5, 5.41) is 11.7. The summed E-state index contributed by atoms with van der Waals surface area (Å²) in [6, 6.07) is 20.9. The highest BCUT2D eigenvalue weighted by molar-refractivity contribution is 6.06. The van der Waals surface area contributed by atoms with Crippen molar-refractivity contribution in [1.29, 1.82) is 0 Å². The summed E-state index contributed by atoms with van der Waals surface area (Å²) < 4.78 is 11.7. The van der Waals surface area contributed by atoms with Gasteiger partial charge in [-0.05, 0) is 61.2 Å². The Bertz CT molecular complexity index is 1090. The first-order chi connectivity index (χ1) is 16.0. The van der Waals surface area contributed by atoms with Crippen molar-refractivity contribution in [2.75, 3.05) is 18.5 Å². The van der Waals surface area contributed by atoms with E-state index in [9.17, 15) is 9.59 Å². The predicted molar refractivity (Wildman–Crippen MR) is 128 cm³/mol. The Labute approximate surface area is 194 Å². The fraction of sp³-hybridized carbons (Fsp3) is 0.259. The van der Waals surface area contributed by atoms with Crippen LogP contribution < -0.4 is 14.8 Å². The number of amides is 1. The SMILES string of the molecule is Cc1c(OCCc2ccccc2)ccc(C(=O)Nc2ccccc2OCCCC(=O)O)c1C. The smallest absolute Gasteiger partial charge is 0.303 e. The van der Waals surface area contributed by atoms with Gasteiger partial charge in [0, 0.05) is 18.4 Å². The van der Waals surface area contributed by atoms with Gasteiger partial charge in [0.1, 0.15) is 11.5 Å². The van der Waals surface area contributed by atoms with Crippen LogP contribution in [-0.4, -0.2) is 30.2 Å². The number of carboxylic acid groups (broad SMARTS) is 1. The molecule has 33 heavy (non-hydrogen) atoms. The van der Waals surface area contributed by atoms with Crippen LogP contribution in [0.1, 0.15) is 39.9 Å². The number of anilines is 1. The van der Waals surface area contributed by atoms with E-state index in [-0.39, 0.29) is 18.9 Å². The molecule has 0 saturated heterocycles. The van der Waals surface area contributed by atoms with Crippen molar-refractivity contribution in [3.63, 3.8) is 0 Å². The second-order valence-corrected chi connectivity index (χ2v) is 7.74. The molecule has 1 amide bonds. The van der Waals surface area contributed by atoms with Crippen LogP contribution in [-0.2, 0) is 11.2 Å². The number of hydrogen-bond acceptors (Lipinski definition) is 4. The van der Waals surface area contributed by atoms with Crippen LogP contribution >= 0.6 is 0 Å². The lowest BCUT2D eigenvalue weighted by atomic mass is 10.0. The maximum Gasteiger partial charge on any atom is 0.303 e. The molecule has 2 N–H and O–H groups in total. The molecule has 0 fully saturated rings. The van der Waals surface area contributed by atoms with Gasteiger partial charge in [0.05, 0.1) is 18.9 Å². The van der Waals surface area contributed by atoms with Crippen LogP contribution in [0.2, 0.25) is 0 Å². The molecule has 0 aliphatic rings. The van der Waals surface area contributed by atoms with Crippen LogP contribution in [0.5, 0.6) is 11.5 Å². The minimum Gasteiger partial charge on any atom is -0.493 e. The second kappa shape index (κ2) is 11.7. The van der Waals surface area contributed by atoms with E-state index < -0.39 is 5.97 Å². The molecule has 0 radical (unpaired) electrons. The second-order valence-electron chi connectivity index (χ2n) is 7.74. The number of nitrogens with one attached hydrogen (secondary N) is 1. The molecule has 172 valence electrons. The summed E-state index contributed by atoms with van der Waals surface area (Å²) in [5.41, 5.74) is 4.09. The van der Waals surface area contributed by atoms with Gasteiger partial charge in [0.15, 0.2) is 0 Å². The molecule has 0 aliphatic heterocycles. The Kier molecular flexibility index (Phi) is 8.47. The van der Waals surface area contributed by atoms with Crippen molar-refractivity contribution in [1.82, 2.24) is 0 Å². The van der Waals surface area contributed by atoms with Crippen LogP contribution in [0.4, 0.5) is 5.69 Å². The number of benzene rings is 3. The fourth-order valence-electron chi connectivity index (χ4n) is 3.41. The van der Waals surface area contributed by atoms with Gasteiger partial charge in [-0.15, -0.1) is 0 Å². The van der Waals surface area contributed by atoms with Crippen molar-refractivity contribution >= 4 is 17.6 Å². The summed E-state index contributed by atoms with van der Waals surface area (Å²) in [6.07, 6.45) is 1.24. The summed E-state index contributed by atoms with van der Waals surface area (Å²) in [7, 11) is 0. The number of ether oxygens (including phenoxy) is 2. The lowest BCUT2D eigenvalue weighted by Gasteiger charge is -2.16. The third-order valence-corrected chi connectivity index (χ3v) is 5.40. The number of carboxylic acids is 1. The fourth-order valence-corrected chi connectivity index (χ4v) is 3.41. The molecule has 0 saturated carbocycles. The van der Waals surface area contributed by atoms with Crippen LogP contribution in [0.15, 0.2) is 66.7 Å².